The van der Waals surface area contributed by atoms with Gasteiger partial charge in [-0.3, -0.25) is 14.4 Å². The van der Waals surface area contributed by atoms with Crippen LogP contribution in [0.15, 0.2) is 36.4 Å². The lowest BCUT2D eigenvalue weighted by molar-refractivity contribution is -0.146. The number of nitrogens with one attached hydrogen (secondary N) is 2. The number of ether oxygens (including phenoxy) is 2. The summed E-state index contributed by atoms with van der Waals surface area (Å²) in [6, 6.07) is 7.84. The molecule has 0 atom stereocenters. The van der Waals surface area contributed by atoms with Crippen LogP contribution in [0.5, 0.6) is 5.75 Å². The summed E-state index contributed by atoms with van der Waals surface area (Å²) in [5, 5.41) is 4.97. The maximum atomic E-state index is 12.2. The van der Waals surface area contributed by atoms with Crippen LogP contribution < -0.4 is 15.4 Å². The Balaban J connectivity index is 1.78. The van der Waals surface area contributed by atoms with E-state index in [1.165, 1.54) is 30.3 Å². The maximum Gasteiger partial charge on any atom is 0.387 e. The van der Waals surface area contributed by atoms with Gasteiger partial charge in [-0.2, -0.15) is 8.78 Å². The number of carbonyl (C=O) groups is 3. The lowest BCUT2D eigenvalue weighted by Gasteiger charge is -2.10. The molecule has 0 heterocycles. The minimum Gasteiger partial charge on any atom is -0.454 e. The Labute approximate surface area is 184 Å². The van der Waals surface area contributed by atoms with E-state index in [0.717, 1.165) is 6.07 Å². The third-order valence-corrected chi connectivity index (χ3v) is 4.21. The number of benzene rings is 2. The van der Waals surface area contributed by atoms with E-state index in [-0.39, 0.29) is 27.0 Å². The van der Waals surface area contributed by atoms with E-state index in [9.17, 15) is 23.2 Å². The monoisotopic (exact) mass is 480 g/mol. The van der Waals surface area contributed by atoms with Crippen LogP contribution >= 0.6 is 34.8 Å². The number of amides is 2. The number of alkyl halides is 2. The molecule has 2 rings (SSSR count). The zero-order chi connectivity index (χ0) is 22.3. The van der Waals surface area contributed by atoms with Gasteiger partial charge in [-0.1, -0.05) is 34.8 Å². The van der Waals surface area contributed by atoms with Gasteiger partial charge < -0.3 is 20.1 Å². The van der Waals surface area contributed by atoms with Crippen LogP contribution in [-0.2, 0) is 14.3 Å². The summed E-state index contributed by atoms with van der Waals surface area (Å²) in [6.45, 7) is -4.20. The van der Waals surface area contributed by atoms with Crippen molar-refractivity contribution in [3.63, 3.8) is 0 Å². The lowest BCUT2D eigenvalue weighted by atomic mass is 10.2. The molecule has 0 aliphatic heterocycles. The fraction of sp³-hybridized carbons (Fsp3) is 0.167. The molecule has 160 valence electrons. The van der Waals surface area contributed by atoms with Crippen molar-refractivity contribution >= 4 is 58.3 Å². The van der Waals surface area contributed by atoms with Crippen LogP contribution in [0.1, 0.15) is 10.4 Å². The average Bonchev–Trinajstić information content (AvgIpc) is 2.66. The largest absolute Gasteiger partial charge is 0.454 e. The molecule has 0 bridgehead atoms. The molecule has 0 radical (unpaired) electrons. The SMILES string of the molecule is O=C(COC(=O)CNC(=O)c1ccc(Cl)cc1Cl)Nc1ccc(OC(F)F)c(Cl)c1. The van der Waals surface area contributed by atoms with E-state index >= 15 is 0 Å². The van der Waals surface area contributed by atoms with E-state index < -0.39 is 37.5 Å². The number of carbonyl (C=O) groups excluding carboxylic acids is 3. The second-order valence-corrected chi connectivity index (χ2v) is 6.79. The Morgan fingerprint density at radius 2 is 1.73 bits per heavy atom. The number of rotatable bonds is 8. The molecule has 0 aliphatic rings. The van der Waals surface area contributed by atoms with Crippen LogP contribution in [0.4, 0.5) is 14.5 Å². The van der Waals surface area contributed by atoms with Crippen LogP contribution in [-0.4, -0.2) is 37.5 Å². The standard InChI is InChI=1S/C18H13Cl3F2N2O5/c19-9-1-3-11(12(20)5-9)17(28)24-7-16(27)29-8-15(26)25-10-2-4-14(13(21)6-10)30-18(22)23/h1-6,18H,7-8H2,(H,24,28)(H,25,26). The Kier molecular flexibility index (Phi) is 8.64. The highest BCUT2D eigenvalue weighted by Gasteiger charge is 2.14. The fourth-order valence-electron chi connectivity index (χ4n) is 2.09. The lowest BCUT2D eigenvalue weighted by Crippen LogP contribution is -2.32. The number of halogens is 5. The first-order valence-electron chi connectivity index (χ1n) is 8.09. The first kappa shape index (κ1) is 23.7. The molecule has 0 aromatic heterocycles. The summed E-state index contributed by atoms with van der Waals surface area (Å²) in [5.41, 5.74) is 0.288. The molecular formula is C18H13Cl3F2N2O5. The highest BCUT2D eigenvalue weighted by Crippen LogP contribution is 2.28. The molecular weight excluding hydrogens is 469 g/mol. The average molecular weight is 482 g/mol. The molecule has 0 aliphatic carbocycles. The number of anilines is 1. The van der Waals surface area contributed by atoms with Crippen molar-refractivity contribution in [2.75, 3.05) is 18.5 Å². The van der Waals surface area contributed by atoms with Crippen LogP contribution in [0, 0.1) is 0 Å². The molecule has 2 amide bonds. The summed E-state index contributed by atoms with van der Waals surface area (Å²) in [5.74, 6) is -2.47. The molecule has 2 N–H and O–H groups in total. The van der Waals surface area contributed by atoms with Gasteiger partial charge in [0.15, 0.2) is 6.61 Å². The summed E-state index contributed by atoms with van der Waals surface area (Å²) >= 11 is 17.4. The molecule has 0 spiro atoms. The summed E-state index contributed by atoms with van der Waals surface area (Å²) in [6.07, 6.45) is 0. The second-order valence-electron chi connectivity index (χ2n) is 5.54. The predicted molar refractivity (Wildman–Crippen MR) is 106 cm³/mol. The van der Waals surface area contributed by atoms with Crippen molar-refractivity contribution < 1.29 is 32.6 Å². The number of hydrogen-bond acceptors (Lipinski definition) is 5. The van der Waals surface area contributed by atoms with Gasteiger partial charge in [0.05, 0.1) is 15.6 Å². The van der Waals surface area contributed by atoms with Crippen molar-refractivity contribution in [2.24, 2.45) is 0 Å². The van der Waals surface area contributed by atoms with Gasteiger partial charge in [0.2, 0.25) is 0 Å². The first-order valence-corrected chi connectivity index (χ1v) is 9.22. The second kappa shape index (κ2) is 11.0. The van der Waals surface area contributed by atoms with Crippen LogP contribution in [0.25, 0.3) is 0 Å². The topological polar surface area (TPSA) is 93.7 Å². The Bertz CT molecular complexity index is 959. The maximum absolute atomic E-state index is 12.2. The highest BCUT2D eigenvalue weighted by atomic mass is 35.5. The minimum absolute atomic E-state index is 0.108. The molecule has 2 aromatic rings. The Morgan fingerprint density at radius 3 is 2.37 bits per heavy atom. The van der Waals surface area contributed by atoms with E-state index in [2.05, 4.69) is 15.4 Å². The van der Waals surface area contributed by atoms with E-state index in [1.807, 2.05) is 0 Å². The number of hydrogen-bond donors (Lipinski definition) is 2. The van der Waals surface area contributed by atoms with Gasteiger partial charge >= 0.3 is 12.6 Å². The zero-order valence-electron chi connectivity index (χ0n) is 14.9. The summed E-state index contributed by atoms with van der Waals surface area (Å²) in [7, 11) is 0. The summed E-state index contributed by atoms with van der Waals surface area (Å²) < 4.78 is 33.3. The Morgan fingerprint density at radius 1 is 1.00 bits per heavy atom. The van der Waals surface area contributed by atoms with Gasteiger partial charge in [-0.25, -0.2) is 0 Å². The fourth-order valence-corrected chi connectivity index (χ4v) is 2.80. The minimum atomic E-state index is -3.04. The third-order valence-electron chi connectivity index (χ3n) is 3.36. The molecule has 7 nitrogen and oxygen atoms in total. The van der Waals surface area contributed by atoms with E-state index in [1.54, 1.807) is 0 Å². The molecule has 12 heteroatoms. The van der Waals surface area contributed by atoms with Gasteiger partial charge in [-0.15, -0.1) is 0 Å². The number of esters is 1. The van der Waals surface area contributed by atoms with Gasteiger partial charge in [0.25, 0.3) is 11.8 Å². The smallest absolute Gasteiger partial charge is 0.387 e. The van der Waals surface area contributed by atoms with Gasteiger partial charge in [0, 0.05) is 10.7 Å². The molecule has 0 fully saturated rings. The molecule has 0 saturated carbocycles. The van der Waals surface area contributed by atoms with Crippen molar-refractivity contribution in [2.45, 2.75) is 6.61 Å². The van der Waals surface area contributed by atoms with Crippen LogP contribution in [0.2, 0.25) is 15.1 Å². The zero-order valence-corrected chi connectivity index (χ0v) is 17.2. The molecule has 0 unspecified atom stereocenters. The van der Waals surface area contributed by atoms with Crippen molar-refractivity contribution in [1.82, 2.24) is 5.32 Å². The summed E-state index contributed by atoms with van der Waals surface area (Å²) in [4.78, 5) is 35.5. The normalized spacial score (nSPS) is 10.5. The quantitative estimate of drug-likeness (QED) is 0.552. The van der Waals surface area contributed by atoms with Crippen molar-refractivity contribution in [3.8, 4) is 5.75 Å². The highest BCUT2D eigenvalue weighted by molar-refractivity contribution is 6.36. The van der Waals surface area contributed by atoms with Crippen LogP contribution in [0.3, 0.4) is 0 Å². The van der Waals surface area contributed by atoms with Gasteiger partial charge in [0.1, 0.15) is 12.3 Å². The molecule has 30 heavy (non-hydrogen) atoms. The van der Waals surface area contributed by atoms with Gasteiger partial charge in [-0.05, 0) is 36.4 Å². The Hall–Kier alpha value is -2.62. The molecule has 2 aromatic carbocycles. The first-order chi connectivity index (χ1) is 14.2. The van der Waals surface area contributed by atoms with Crippen molar-refractivity contribution in [1.29, 1.82) is 0 Å². The van der Waals surface area contributed by atoms with Crippen molar-refractivity contribution in [3.05, 3.63) is 57.0 Å². The molecule has 0 saturated heterocycles. The van der Waals surface area contributed by atoms with E-state index in [4.69, 9.17) is 39.5 Å². The van der Waals surface area contributed by atoms with E-state index in [0.29, 0.717) is 5.02 Å². The third kappa shape index (κ3) is 7.33. The predicted octanol–water partition coefficient (Wildman–Crippen LogP) is 4.16.